The molecule has 0 spiro atoms. The molecule has 3 aromatic rings. The molecule has 1 saturated heterocycles. The maximum Gasteiger partial charge on any atom is 0.191 e. The van der Waals surface area contributed by atoms with Crippen LogP contribution in [0, 0.1) is 0 Å². The van der Waals surface area contributed by atoms with Crippen LogP contribution in [-0.2, 0) is 6.54 Å². The van der Waals surface area contributed by atoms with E-state index in [1.807, 2.05) is 28.8 Å². The maximum atomic E-state index is 4.38. The SMILES string of the molecule is CN=C(NCc1nnc2ccccn12)NCC(c1ccccc1)N1CCCC1. The Morgan fingerprint density at radius 3 is 2.61 bits per heavy atom. The summed E-state index contributed by atoms with van der Waals surface area (Å²) < 4.78 is 1.98. The average molecular weight is 377 g/mol. The van der Waals surface area contributed by atoms with E-state index in [2.05, 4.69) is 61.1 Å². The van der Waals surface area contributed by atoms with Crippen molar-refractivity contribution in [2.24, 2.45) is 4.99 Å². The van der Waals surface area contributed by atoms with Gasteiger partial charge in [0, 0.05) is 19.8 Å². The summed E-state index contributed by atoms with van der Waals surface area (Å²) in [5, 5.41) is 15.3. The molecule has 0 saturated carbocycles. The molecule has 4 rings (SSSR count). The molecular formula is C21H27N7. The number of nitrogens with zero attached hydrogens (tertiary/aromatic N) is 5. The molecule has 1 aliphatic heterocycles. The fourth-order valence-corrected chi connectivity index (χ4v) is 3.77. The summed E-state index contributed by atoms with van der Waals surface area (Å²) in [7, 11) is 1.80. The molecule has 146 valence electrons. The Balaban J connectivity index is 1.39. The van der Waals surface area contributed by atoms with Gasteiger partial charge in [0.15, 0.2) is 17.4 Å². The van der Waals surface area contributed by atoms with Gasteiger partial charge >= 0.3 is 0 Å². The second-order valence-electron chi connectivity index (χ2n) is 7.02. The van der Waals surface area contributed by atoms with E-state index in [0.29, 0.717) is 12.6 Å². The van der Waals surface area contributed by atoms with Gasteiger partial charge in [-0.1, -0.05) is 36.4 Å². The Labute approximate surface area is 165 Å². The number of hydrogen-bond acceptors (Lipinski definition) is 4. The Morgan fingerprint density at radius 1 is 1.04 bits per heavy atom. The standard InChI is InChI=1S/C21H27N7/c1-22-21(24-16-20-26-25-19-11-5-6-14-28(19)20)23-15-18(27-12-7-8-13-27)17-9-3-2-4-10-17/h2-6,9-11,14,18H,7-8,12-13,15-16H2,1H3,(H2,22,23,24). The molecular weight excluding hydrogens is 350 g/mol. The van der Waals surface area contributed by atoms with Gasteiger partial charge in [-0.15, -0.1) is 10.2 Å². The molecule has 1 aromatic carbocycles. The first-order chi connectivity index (χ1) is 13.8. The zero-order valence-corrected chi connectivity index (χ0v) is 16.3. The second kappa shape index (κ2) is 8.84. The van der Waals surface area contributed by atoms with Gasteiger partial charge in [0.05, 0.1) is 12.6 Å². The third-order valence-electron chi connectivity index (χ3n) is 5.25. The Kier molecular flexibility index (Phi) is 5.82. The van der Waals surface area contributed by atoms with Crippen LogP contribution in [0.3, 0.4) is 0 Å². The van der Waals surface area contributed by atoms with Crippen LogP contribution in [0.1, 0.15) is 30.3 Å². The summed E-state index contributed by atoms with van der Waals surface area (Å²) in [6.45, 7) is 3.67. The Hall–Kier alpha value is -2.93. The summed E-state index contributed by atoms with van der Waals surface area (Å²) in [4.78, 5) is 6.94. The van der Waals surface area contributed by atoms with Crippen LogP contribution in [0.15, 0.2) is 59.7 Å². The van der Waals surface area contributed by atoms with E-state index in [9.17, 15) is 0 Å². The van der Waals surface area contributed by atoms with Crippen LogP contribution in [-0.4, -0.2) is 52.1 Å². The lowest BCUT2D eigenvalue weighted by molar-refractivity contribution is 0.245. The molecule has 0 amide bonds. The summed E-state index contributed by atoms with van der Waals surface area (Å²) in [5.41, 5.74) is 2.19. The molecule has 3 heterocycles. The van der Waals surface area contributed by atoms with Crippen LogP contribution in [0.25, 0.3) is 5.65 Å². The summed E-state index contributed by atoms with van der Waals surface area (Å²) in [6, 6.07) is 17.0. The first-order valence-electron chi connectivity index (χ1n) is 9.87. The van der Waals surface area contributed by atoms with E-state index in [0.717, 1.165) is 37.1 Å². The Bertz CT molecular complexity index is 913. The van der Waals surface area contributed by atoms with Gasteiger partial charge < -0.3 is 10.6 Å². The van der Waals surface area contributed by atoms with Crippen LogP contribution in [0.2, 0.25) is 0 Å². The van der Waals surface area contributed by atoms with Crippen molar-refractivity contribution >= 4 is 11.6 Å². The van der Waals surface area contributed by atoms with E-state index < -0.39 is 0 Å². The second-order valence-corrected chi connectivity index (χ2v) is 7.02. The third-order valence-corrected chi connectivity index (χ3v) is 5.25. The number of nitrogens with one attached hydrogen (secondary N) is 2. The lowest BCUT2D eigenvalue weighted by Gasteiger charge is -2.28. The molecule has 1 unspecified atom stereocenters. The number of aliphatic imine (C=N–C) groups is 1. The normalized spacial score (nSPS) is 16.4. The number of likely N-dealkylation sites (tertiary alicyclic amines) is 1. The minimum absolute atomic E-state index is 0.344. The largest absolute Gasteiger partial charge is 0.354 e. The van der Waals surface area contributed by atoms with Gasteiger partial charge in [0.2, 0.25) is 0 Å². The lowest BCUT2D eigenvalue weighted by atomic mass is 10.1. The zero-order chi connectivity index (χ0) is 19.2. The van der Waals surface area contributed by atoms with Crippen molar-refractivity contribution in [1.29, 1.82) is 0 Å². The van der Waals surface area contributed by atoms with Gasteiger partial charge in [-0.2, -0.15) is 0 Å². The first kappa shape index (κ1) is 18.4. The predicted octanol–water partition coefficient (Wildman–Crippen LogP) is 2.23. The smallest absolute Gasteiger partial charge is 0.191 e. The first-order valence-corrected chi connectivity index (χ1v) is 9.87. The molecule has 1 atom stereocenters. The third kappa shape index (κ3) is 4.14. The van der Waals surface area contributed by atoms with E-state index in [1.165, 1.54) is 18.4 Å². The van der Waals surface area contributed by atoms with E-state index in [-0.39, 0.29) is 0 Å². The van der Waals surface area contributed by atoms with Gasteiger partial charge in [-0.25, -0.2) is 0 Å². The van der Waals surface area contributed by atoms with Gasteiger partial charge in [-0.05, 0) is 43.6 Å². The van der Waals surface area contributed by atoms with Crippen molar-refractivity contribution < 1.29 is 0 Å². The number of rotatable bonds is 6. The highest BCUT2D eigenvalue weighted by atomic mass is 15.3. The molecule has 28 heavy (non-hydrogen) atoms. The molecule has 1 aliphatic rings. The molecule has 0 aliphatic carbocycles. The van der Waals surface area contributed by atoms with Crippen LogP contribution in [0.4, 0.5) is 0 Å². The quantitative estimate of drug-likeness (QED) is 0.509. The summed E-state index contributed by atoms with van der Waals surface area (Å²) in [5.74, 6) is 1.63. The minimum Gasteiger partial charge on any atom is -0.354 e. The molecule has 7 nitrogen and oxygen atoms in total. The number of pyridine rings is 1. The molecule has 2 N–H and O–H groups in total. The number of benzene rings is 1. The molecule has 0 radical (unpaired) electrons. The molecule has 7 heteroatoms. The van der Waals surface area contributed by atoms with E-state index in [1.54, 1.807) is 7.05 Å². The lowest BCUT2D eigenvalue weighted by Crippen LogP contribution is -2.42. The molecule has 1 fully saturated rings. The topological polar surface area (TPSA) is 69.8 Å². The highest BCUT2D eigenvalue weighted by Gasteiger charge is 2.23. The zero-order valence-electron chi connectivity index (χ0n) is 16.3. The average Bonchev–Trinajstić information content (AvgIpc) is 3.42. The molecule has 0 bridgehead atoms. The highest BCUT2D eigenvalue weighted by molar-refractivity contribution is 5.79. The van der Waals surface area contributed by atoms with Gasteiger partial charge in [-0.3, -0.25) is 14.3 Å². The van der Waals surface area contributed by atoms with Crippen LogP contribution < -0.4 is 10.6 Å². The predicted molar refractivity (Wildman–Crippen MR) is 111 cm³/mol. The van der Waals surface area contributed by atoms with Crippen molar-refractivity contribution in [2.75, 3.05) is 26.7 Å². The Morgan fingerprint density at radius 2 is 1.82 bits per heavy atom. The van der Waals surface area contributed by atoms with E-state index in [4.69, 9.17) is 0 Å². The van der Waals surface area contributed by atoms with Crippen molar-refractivity contribution in [3.8, 4) is 0 Å². The van der Waals surface area contributed by atoms with Crippen molar-refractivity contribution in [3.05, 3.63) is 66.1 Å². The fourth-order valence-electron chi connectivity index (χ4n) is 3.77. The van der Waals surface area contributed by atoms with Crippen molar-refractivity contribution in [3.63, 3.8) is 0 Å². The molecule has 2 aromatic heterocycles. The monoisotopic (exact) mass is 377 g/mol. The number of hydrogen-bond donors (Lipinski definition) is 2. The number of fused-ring (bicyclic) bond motifs is 1. The van der Waals surface area contributed by atoms with Crippen molar-refractivity contribution in [1.82, 2.24) is 30.1 Å². The van der Waals surface area contributed by atoms with Gasteiger partial charge in [0.1, 0.15) is 0 Å². The fraction of sp³-hybridized carbons (Fsp3) is 0.381. The van der Waals surface area contributed by atoms with Crippen LogP contribution in [0.5, 0.6) is 0 Å². The van der Waals surface area contributed by atoms with E-state index >= 15 is 0 Å². The van der Waals surface area contributed by atoms with Crippen molar-refractivity contribution in [2.45, 2.75) is 25.4 Å². The minimum atomic E-state index is 0.344. The summed E-state index contributed by atoms with van der Waals surface area (Å²) >= 11 is 0. The number of aromatic nitrogens is 3. The number of guanidine groups is 1. The van der Waals surface area contributed by atoms with Gasteiger partial charge in [0.25, 0.3) is 0 Å². The maximum absolute atomic E-state index is 4.38. The highest BCUT2D eigenvalue weighted by Crippen LogP contribution is 2.24. The summed E-state index contributed by atoms with van der Waals surface area (Å²) in [6.07, 6.45) is 4.52. The van der Waals surface area contributed by atoms with Crippen LogP contribution >= 0.6 is 0 Å².